The van der Waals surface area contributed by atoms with Gasteiger partial charge in [0.05, 0.1) is 12.9 Å². The fourth-order valence-corrected chi connectivity index (χ4v) is 4.55. The number of sulfone groups is 1. The molecule has 1 amide bonds. The molecule has 1 N–H and O–H groups in total. The Morgan fingerprint density at radius 2 is 1.59 bits per heavy atom. The van der Waals surface area contributed by atoms with E-state index in [2.05, 4.69) is 26.1 Å². The zero-order chi connectivity index (χ0) is 22.0. The van der Waals surface area contributed by atoms with E-state index in [4.69, 9.17) is 4.74 Å². The van der Waals surface area contributed by atoms with Crippen LogP contribution in [-0.4, -0.2) is 26.7 Å². The largest absolute Gasteiger partial charge is 0.497 e. The van der Waals surface area contributed by atoms with Gasteiger partial charge in [-0.3, -0.25) is 4.79 Å². The summed E-state index contributed by atoms with van der Waals surface area (Å²) < 4.78 is 31.0. The molecule has 0 aliphatic rings. The predicted molar refractivity (Wildman–Crippen MR) is 118 cm³/mol. The Hall–Kier alpha value is -2.34. The maximum absolute atomic E-state index is 12.9. The summed E-state index contributed by atoms with van der Waals surface area (Å²) in [6.45, 7) is 11.7. The lowest BCUT2D eigenvalue weighted by Crippen LogP contribution is -2.33. The Morgan fingerprint density at radius 1 is 1.07 bits per heavy atom. The first-order chi connectivity index (χ1) is 13.3. The second kappa shape index (κ2) is 8.57. The first-order valence-corrected chi connectivity index (χ1v) is 11.3. The van der Waals surface area contributed by atoms with Crippen molar-refractivity contribution in [2.75, 3.05) is 12.4 Å². The van der Waals surface area contributed by atoms with Gasteiger partial charge in [-0.2, -0.15) is 0 Å². The molecule has 1 atom stereocenters. The number of anilines is 1. The van der Waals surface area contributed by atoms with E-state index in [0.29, 0.717) is 11.4 Å². The van der Waals surface area contributed by atoms with Gasteiger partial charge >= 0.3 is 0 Å². The van der Waals surface area contributed by atoms with Gasteiger partial charge in [0.25, 0.3) is 0 Å². The summed E-state index contributed by atoms with van der Waals surface area (Å²) in [6.07, 6.45) is 0. The molecule has 2 rings (SSSR count). The number of amides is 1. The highest BCUT2D eigenvalue weighted by atomic mass is 32.2. The number of nitrogens with one attached hydrogen (secondary N) is 1. The number of benzene rings is 2. The van der Waals surface area contributed by atoms with Gasteiger partial charge in [0.2, 0.25) is 5.91 Å². The van der Waals surface area contributed by atoms with Gasteiger partial charge in [0.15, 0.2) is 9.84 Å². The molecule has 0 saturated heterocycles. The van der Waals surface area contributed by atoms with Crippen molar-refractivity contribution in [1.29, 1.82) is 0 Å². The van der Waals surface area contributed by atoms with Crippen LogP contribution in [-0.2, 0) is 25.8 Å². The maximum atomic E-state index is 12.9. The van der Waals surface area contributed by atoms with Crippen molar-refractivity contribution in [3.8, 4) is 5.75 Å². The van der Waals surface area contributed by atoms with Crippen LogP contribution in [0.3, 0.4) is 0 Å². The normalized spacial score (nSPS) is 13.1. The van der Waals surface area contributed by atoms with E-state index in [9.17, 15) is 13.2 Å². The summed E-state index contributed by atoms with van der Waals surface area (Å²) in [5.74, 6) is -0.0446. The Labute approximate surface area is 174 Å². The molecular formula is C23H31NO4S. The van der Waals surface area contributed by atoms with Crippen LogP contribution >= 0.6 is 0 Å². The van der Waals surface area contributed by atoms with E-state index in [-0.39, 0.29) is 11.2 Å². The average Bonchev–Trinajstić information content (AvgIpc) is 2.63. The van der Waals surface area contributed by atoms with Gasteiger partial charge < -0.3 is 10.1 Å². The van der Waals surface area contributed by atoms with Crippen LogP contribution in [0.5, 0.6) is 5.75 Å². The second-order valence-corrected chi connectivity index (χ2v) is 10.8. The first-order valence-electron chi connectivity index (χ1n) is 9.62. The predicted octanol–water partition coefficient (Wildman–Crippen LogP) is 4.55. The van der Waals surface area contributed by atoms with Gasteiger partial charge in [-0.05, 0) is 72.7 Å². The second-order valence-electron chi connectivity index (χ2n) is 8.51. The fourth-order valence-electron chi connectivity index (χ4n) is 3.06. The van der Waals surface area contributed by atoms with E-state index in [1.165, 1.54) is 12.5 Å². The summed E-state index contributed by atoms with van der Waals surface area (Å²) in [7, 11) is -2.12. The van der Waals surface area contributed by atoms with Crippen LogP contribution in [0.2, 0.25) is 0 Å². The summed E-state index contributed by atoms with van der Waals surface area (Å²) in [5.41, 5.74) is 4.31. The molecule has 1 unspecified atom stereocenters. The summed E-state index contributed by atoms with van der Waals surface area (Å²) >= 11 is 0. The van der Waals surface area contributed by atoms with Gasteiger partial charge in [-0.1, -0.05) is 32.9 Å². The van der Waals surface area contributed by atoms with Crippen LogP contribution in [0, 0.1) is 13.8 Å². The van der Waals surface area contributed by atoms with Crippen molar-refractivity contribution >= 4 is 21.4 Å². The van der Waals surface area contributed by atoms with Gasteiger partial charge in [0.1, 0.15) is 11.0 Å². The van der Waals surface area contributed by atoms with Crippen LogP contribution < -0.4 is 10.1 Å². The number of carbonyl (C=O) groups is 1. The molecule has 0 aromatic heterocycles. The summed E-state index contributed by atoms with van der Waals surface area (Å²) in [4.78, 5) is 12.5. The Kier molecular flexibility index (Phi) is 6.78. The third-order valence-corrected chi connectivity index (χ3v) is 7.16. The molecule has 0 heterocycles. The standard InChI is InChI=1S/C23H31NO4S/c1-15-12-18(23(4,5)6)13-16(2)21(15)14-29(26,27)17(3)22(25)24-19-8-10-20(28-7)11-9-19/h8-13,17H,14H2,1-7H3,(H,24,25). The van der Waals surface area contributed by atoms with Gasteiger partial charge in [0, 0.05) is 5.69 Å². The van der Waals surface area contributed by atoms with Crippen LogP contribution in [0.15, 0.2) is 36.4 Å². The van der Waals surface area contributed by atoms with Crippen molar-refractivity contribution in [3.63, 3.8) is 0 Å². The van der Waals surface area contributed by atoms with Crippen molar-refractivity contribution in [2.45, 2.75) is 58.0 Å². The van der Waals surface area contributed by atoms with E-state index in [1.54, 1.807) is 31.4 Å². The zero-order valence-corrected chi connectivity index (χ0v) is 19.1. The molecule has 0 bridgehead atoms. The Morgan fingerprint density at radius 3 is 2.03 bits per heavy atom. The lowest BCUT2D eigenvalue weighted by Gasteiger charge is -2.23. The number of hydrogen-bond donors (Lipinski definition) is 1. The number of rotatable bonds is 6. The topological polar surface area (TPSA) is 72.5 Å². The van der Waals surface area contributed by atoms with E-state index in [0.717, 1.165) is 16.7 Å². The molecule has 29 heavy (non-hydrogen) atoms. The minimum absolute atomic E-state index is 0.0154. The van der Waals surface area contributed by atoms with Gasteiger partial charge in [-0.15, -0.1) is 0 Å². The van der Waals surface area contributed by atoms with Gasteiger partial charge in [-0.25, -0.2) is 8.42 Å². The quantitative estimate of drug-likeness (QED) is 0.748. The third kappa shape index (κ3) is 5.60. The smallest absolute Gasteiger partial charge is 0.242 e. The van der Waals surface area contributed by atoms with Crippen LogP contribution in [0.4, 0.5) is 5.69 Å². The Balaban J connectivity index is 2.20. The lowest BCUT2D eigenvalue weighted by atomic mass is 9.84. The van der Waals surface area contributed by atoms with E-state index >= 15 is 0 Å². The SMILES string of the molecule is COc1ccc(NC(=O)C(C)S(=O)(=O)Cc2c(C)cc(C(C)(C)C)cc2C)cc1. The molecule has 0 spiro atoms. The van der Waals surface area contributed by atoms with E-state index in [1.807, 2.05) is 26.0 Å². The molecule has 6 heteroatoms. The van der Waals surface area contributed by atoms with Crippen molar-refractivity contribution in [2.24, 2.45) is 0 Å². The molecule has 2 aromatic rings. The van der Waals surface area contributed by atoms with E-state index < -0.39 is 21.0 Å². The maximum Gasteiger partial charge on any atom is 0.242 e. The molecule has 2 aromatic carbocycles. The highest BCUT2D eigenvalue weighted by molar-refractivity contribution is 7.92. The van der Waals surface area contributed by atoms with Crippen molar-refractivity contribution in [1.82, 2.24) is 0 Å². The first kappa shape index (κ1) is 22.9. The minimum atomic E-state index is -3.68. The lowest BCUT2D eigenvalue weighted by molar-refractivity contribution is -0.115. The zero-order valence-electron chi connectivity index (χ0n) is 18.3. The molecule has 0 radical (unpaired) electrons. The van der Waals surface area contributed by atoms with Crippen LogP contribution in [0.1, 0.15) is 49.9 Å². The molecule has 0 aliphatic heterocycles. The fraction of sp³-hybridized carbons (Fsp3) is 0.435. The molecule has 0 saturated carbocycles. The Bertz CT molecular complexity index is 964. The third-order valence-electron chi connectivity index (χ3n) is 5.17. The number of aryl methyl sites for hydroxylation is 2. The average molecular weight is 418 g/mol. The van der Waals surface area contributed by atoms with Crippen LogP contribution in [0.25, 0.3) is 0 Å². The molecular weight excluding hydrogens is 386 g/mol. The number of hydrogen-bond acceptors (Lipinski definition) is 4. The summed E-state index contributed by atoms with van der Waals surface area (Å²) in [6, 6.07) is 10.8. The highest BCUT2D eigenvalue weighted by Gasteiger charge is 2.29. The summed E-state index contributed by atoms with van der Waals surface area (Å²) in [5, 5.41) is 1.51. The van der Waals surface area contributed by atoms with Crippen molar-refractivity contribution in [3.05, 3.63) is 58.7 Å². The minimum Gasteiger partial charge on any atom is -0.497 e. The monoisotopic (exact) mass is 417 g/mol. The number of carbonyl (C=O) groups excluding carboxylic acids is 1. The number of methoxy groups -OCH3 is 1. The molecule has 0 aliphatic carbocycles. The molecule has 0 fully saturated rings. The highest BCUT2D eigenvalue weighted by Crippen LogP contribution is 2.28. The molecule has 158 valence electrons. The molecule has 5 nitrogen and oxygen atoms in total. The number of ether oxygens (including phenoxy) is 1. The van der Waals surface area contributed by atoms with Crippen molar-refractivity contribution < 1.29 is 17.9 Å².